The number of benzene rings is 2. The largest absolute Gasteiger partial charge is 0.493 e. The van der Waals surface area contributed by atoms with E-state index in [0.717, 1.165) is 12.0 Å². The van der Waals surface area contributed by atoms with E-state index in [-0.39, 0.29) is 30.4 Å². The summed E-state index contributed by atoms with van der Waals surface area (Å²) in [5.41, 5.74) is 1.43. The van der Waals surface area contributed by atoms with E-state index in [2.05, 4.69) is 21.3 Å². The molecule has 0 unspecified atom stereocenters. The van der Waals surface area contributed by atoms with Gasteiger partial charge in [-0.25, -0.2) is 0 Å². The third-order valence-corrected chi connectivity index (χ3v) is 6.07. The van der Waals surface area contributed by atoms with Gasteiger partial charge in [0, 0.05) is 13.1 Å². The van der Waals surface area contributed by atoms with Crippen LogP contribution in [0.2, 0.25) is 0 Å². The Morgan fingerprint density at radius 3 is 2.51 bits per heavy atom. The van der Waals surface area contributed by atoms with Gasteiger partial charge in [0.25, 0.3) is 5.91 Å². The number of carbonyl (C=O) groups excluding carboxylic acids is 4. The van der Waals surface area contributed by atoms with E-state index in [1.54, 1.807) is 24.3 Å². The zero-order valence-electron chi connectivity index (χ0n) is 21.4. The quantitative estimate of drug-likeness (QED) is 0.444. The van der Waals surface area contributed by atoms with E-state index in [9.17, 15) is 19.2 Å². The summed E-state index contributed by atoms with van der Waals surface area (Å²) in [4.78, 5) is 51.8. The Labute approximate surface area is 217 Å². The number of para-hydroxylation sites is 1. The molecule has 1 aliphatic heterocycles. The van der Waals surface area contributed by atoms with Crippen molar-refractivity contribution < 1.29 is 23.9 Å². The van der Waals surface area contributed by atoms with Crippen molar-refractivity contribution in [2.45, 2.75) is 51.6 Å². The summed E-state index contributed by atoms with van der Waals surface area (Å²) < 4.78 is 5.79. The first-order valence-corrected chi connectivity index (χ1v) is 12.8. The summed E-state index contributed by atoms with van der Waals surface area (Å²) in [7, 11) is 0. The van der Waals surface area contributed by atoms with Crippen LogP contribution < -0.4 is 26.0 Å². The number of aryl methyl sites for hydroxylation is 1. The minimum Gasteiger partial charge on any atom is -0.493 e. The van der Waals surface area contributed by atoms with Crippen LogP contribution in [-0.4, -0.2) is 55.4 Å². The first-order valence-electron chi connectivity index (χ1n) is 12.8. The Kier molecular flexibility index (Phi) is 10.5. The van der Waals surface area contributed by atoms with Crippen LogP contribution in [0.3, 0.4) is 0 Å². The average Bonchev–Trinajstić information content (AvgIpc) is 2.89. The zero-order chi connectivity index (χ0) is 26.6. The van der Waals surface area contributed by atoms with Gasteiger partial charge in [-0.1, -0.05) is 56.3 Å². The van der Waals surface area contributed by atoms with Crippen LogP contribution in [0, 0.1) is 5.92 Å². The van der Waals surface area contributed by atoms with Gasteiger partial charge in [0.2, 0.25) is 17.7 Å². The maximum atomic E-state index is 13.1. The van der Waals surface area contributed by atoms with E-state index >= 15 is 0 Å². The number of hydrogen-bond donors (Lipinski definition) is 4. The van der Waals surface area contributed by atoms with Gasteiger partial charge in [-0.3, -0.25) is 19.2 Å². The van der Waals surface area contributed by atoms with Gasteiger partial charge in [0.1, 0.15) is 17.8 Å². The Hall–Kier alpha value is -3.88. The molecule has 2 aromatic rings. The Morgan fingerprint density at radius 1 is 1.03 bits per heavy atom. The lowest BCUT2D eigenvalue weighted by atomic mass is 10.0. The van der Waals surface area contributed by atoms with Crippen LogP contribution in [0.15, 0.2) is 54.6 Å². The highest BCUT2D eigenvalue weighted by molar-refractivity contribution is 6.01. The van der Waals surface area contributed by atoms with Crippen molar-refractivity contribution in [3.8, 4) is 5.75 Å². The van der Waals surface area contributed by atoms with E-state index in [4.69, 9.17) is 4.74 Å². The smallest absolute Gasteiger partial charge is 0.255 e. The standard InChI is InChI=1S/C28H36N4O5/c1-19(2)25-28(36)30-16-9-17-37-23-14-7-6-13-21(23)26(34)31-22(18-24(33)32-25)27(35)29-15-8-12-20-10-4-3-5-11-20/h3-7,10-11,13-14,19,22,25H,8-9,12,15-18H2,1-2H3,(H,29,35)(H,30,36)(H,31,34)(H,32,33)/t22-,25+/m0/s1. The van der Waals surface area contributed by atoms with Crippen molar-refractivity contribution in [2.75, 3.05) is 19.7 Å². The van der Waals surface area contributed by atoms with Crippen LogP contribution in [0.25, 0.3) is 0 Å². The van der Waals surface area contributed by atoms with Crippen LogP contribution in [0.5, 0.6) is 5.75 Å². The minimum atomic E-state index is -1.13. The van der Waals surface area contributed by atoms with Crippen molar-refractivity contribution in [1.29, 1.82) is 0 Å². The molecule has 0 aromatic heterocycles. The molecule has 0 saturated heterocycles. The molecular weight excluding hydrogens is 472 g/mol. The SMILES string of the molecule is CC(C)[C@H]1NC(=O)C[C@@H](C(=O)NCCCc2ccccc2)NC(=O)c2ccccc2OCCCNC1=O. The number of rotatable bonds is 6. The predicted octanol–water partition coefficient (Wildman–Crippen LogP) is 1.96. The normalized spacial score (nSPS) is 19.3. The van der Waals surface area contributed by atoms with Crippen LogP contribution in [-0.2, 0) is 20.8 Å². The fourth-order valence-corrected chi connectivity index (χ4v) is 4.03. The maximum Gasteiger partial charge on any atom is 0.255 e. The molecule has 2 aromatic carbocycles. The summed E-state index contributed by atoms with van der Waals surface area (Å²) in [5.74, 6) is -1.59. The van der Waals surface area contributed by atoms with Gasteiger partial charge in [-0.2, -0.15) is 0 Å². The molecule has 0 spiro atoms. The molecule has 0 radical (unpaired) electrons. The number of carbonyl (C=O) groups is 4. The van der Waals surface area contributed by atoms with Crippen LogP contribution in [0.4, 0.5) is 0 Å². The Bertz CT molecular complexity index is 1070. The fraction of sp³-hybridized carbons (Fsp3) is 0.429. The molecule has 0 saturated carbocycles. The molecular formula is C28H36N4O5. The van der Waals surface area contributed by atoms with Crippen molar-refractivity contribution in [3.63, 3.8) is 0 Å². The van der Waals surface area contributed by atoms with Gasteiger partial charge >= 0.3 is 0 Å². The molecule has 0 aliphatic carbocycles. The number of hydrogen-bond acceptors (Lipinski definition) is 5. The Balaban J connectivity index is 1.74. The third-order valence-electron chi connectivity index (χ3n) is 6.07. The third kappa shape index (κ3) is 8.63. The highest BCUT2D eigenvalue weighted by Gasteiger charge is 2.29. The topological polar surface area (TPSA) is 126 Å². The molecule has 37 heavy (non-hydrogen) atoms. The lowest BCUT2D eigenvalue weighted by Crippen LogP contribution is -2.53. The highest BCUT2D eigenvalue weighted by atomic mass is 16.5. The second kappa shape index (κ2) is 14.0. The van der Waals surface area contributed by atoms with E-state index in [0.29, 0.717) is 31.7 Å². The van der Waals surface area contributed by atoms with Gasteiger partial charge in [0.05, 0.1) is 18.6 Å². The first kappa shape index (κ1) is 27.7. The molecule has 0 fully saturated rings. The predicted molar refractivity (Wildman–Crippen MR) is 140 cm³/mol. The minimum absolute atomic E-state index is 0.167. The van der Waals surface area contributed by atoms with Crippen molar-refractivity contribution in [2.24, 2.45) is 5.92 Å². The molecule has 0 bridgehead atoms. The fourth-order valence-electron chi connectivity index (χ4n) is 4.03. The average molecular weight is 509 g/mol. The monoisotopic (exact) mass is 508 g/mol. The van der Waals surface area contributed by atoms with E-state index < -0.39 is 29.8 Å². The lowest BCUT2D eigenvalue weighted by molar-refractivity contribution is -0.131. The zero-order valence-corrected chi connectivity index (χ0v) is 21.4. The summed E-state index contributed by atoms with van der Waals surface area (Å²) in [6.07, 6.45) is 1.70. The van der Waals surface area contributed by atoms with Crippen molar-refractivity contribution in [1.82, 2.24) is 21.3 Å². The molecule has 1 aliphatic rings. The second-order valence-corrected chi connectivity index (χ2v) is 9.39. The van der Waals surface area contributed by atoms with Crippen molar-refractivity contribution in [3.05, 3.63) is 65.7 Å². The molecule has 9 heteroatoms. The number of amides is 4. The van der Waals surface area contributed by atoms with Gasteiger partial charge < -0.3 is 26.0 Å². The van der Waals surface area contributed by atoms with Crippen molar-refractivity contribution >= 4 is 23.6 Å². The molecule has 198 valence electrons. The number of fused-ring (bicyclic) bond motifs is 1. The van der Waals surface area contributed by atoms with E-state index in [1.165, 1.54) is 0 Å². The first-order chi connectivity index (χ1) is 17.8. The van der Waals surface area contributed by atoms with E-state index in [1.807, 2.05) is 44.2 Å². The number of nitrogens with one attached hydrogen (secondary N) is 4. The summed E-state index contributed by atoms with van der Waals surface area (Å²) >= 11 is 0. The molecule has 4 amide bonds. The second-order valence-electron chi connectivity index (χ2n) is 9.39. The molecule has 4 N–H and O–H groups in total. The molecule has 1 heterocycles. The summed E-state index contributed by atoms with van der Waals surface area (Å²) in [6.45, 7) is 4.70. The van der Waals surface area contributed by atoms with Gasteiger partial charge in [-0.05, 0) is 42.9 Å². The summed E-state index contributed by atoms with van der Waals surface area (Å²) in [5, 5.41) is 11.1. The number of ether oxygens (including phenoxy) is 1. The lowest BCUT2D eigenvalue weighted by Gasteiger charge is -2.23. The summed E-state index contributed by atoms with van der Waals surface area (Å²) in [6, 6.07) is 14.8. The van der Waals surface area contributed by atoms with Gasteiger partial charge in [0.15, 0.2) is 0 Å². The molecule has 9 nitrogen and oxygen atoms in total. The Morgan fingerprint density at radius 2 is 1.76 bits per heavy atom. The van der Waals surface area contributed by atoms with Crippen LogP contribution in [0.1, 0.15) is 49.0 Å². The molecule has 2 atom stereocenters. The molecule has 3 rings (SSSR count). The van der Waals surface area contributed by atoms with Gasteiger partial charge in [-0.15, -0.1) is 0 Å². The maximum absolute atomic E-state index is 13.1. The highest BCUT2D eigenvalue weighted by Crippen LogP contribution is 2.18. The van der Waals surface area contributed by atoms with Crippen LogP contribution >= 0.6 is 0 Å².